The molecule has 0 aromatic heterocycles. The minimum Gasteiger partial charge on any atom is -0.198 e. The quantitative estimate of drug-likeness (QED) is 0.462. The van der Waals surface area contributed by atoms with Crippen LogP contribution in [0.5, 0.6) is 0 Å². The first-order valence-corrected chi connectivity index (χ1v) is 4.53. The first-order valence-electron chi connectivity index (χ1n) is 4.53. The minimum absolute atomic E-state index is 0.121. The molecule has 0 aromatic rings. The Morgan fingerprint density at radius 1 is 1.50 bits per heavy atom. The summed E-state index contributed by atoms with van der Waals surface area (Å²) in [6.45, 7) is 10.0. The predicted octanol–water partition coefficient (Wildman–Crippen LogP) is 3.53. The van der Waals surface area contributed by atoms with Crippen molar-refractivity contribution in [3.05, 3.63) is 12.7 Å². The van der Waals surface area contributed by atoms with Gasteiger partial charge in [-0.1, -0.05) is 26.8 Å². The van der Waals surface area contributed by atoms with Crippen molar-refractivity contribution in [3.8, 4) is 6.07 Å². The summed E-state index contributed by atoms with van der Waals surface area (Å²) in [5, 5.41) is 8.89. The zero-order valence-corrected chi connectivity index (χ0v) is 8.43. The normalized spacial score (nSPS) is 13.5. The van der Waals surface area contributed by atoms with Crippen LogP contribution in [0.1, 0.15) is 40.0 Å². The lowest BCUT2D eigenvalue weighted by molar-refractivity contribution is 0.281. The number of hydrogen-bond acceptors (Lipinski definition) is 1. The van der Waals surface area contributed by atoms with E-state index in [-0.39, 0.29) is 11.3 Å². The van der Waals surface area contributed by atoms with Crippen LogP contribution >= 0.6 is 0 Å². The van der Waals surface area contributed by atoms with Crippen LogP contribution in [0.4, 0.5) is 0 Å². The molecule has 0 spiro atoms. The number of unbranched alkanes of at least 4 members (excludes halogenated alkanes) is 1. The molecule has 0 N–H and O–H groups in total. The summed E-state index contributed by atoms with van der Waals surface area (Å²) < 4.78 is 0. The summed E-state index contributed by atoms with van der Waals surface area (Å²) in [5.74, 6) is 0.178. The topological polar surface area (TPSA) is 23.8 Å². The SMILES string of the molecule is C=CCCCC(C#N)C(C)(C)C. The van der Waals surface area contributed by atoms with Gasteiger partial charge in [-0.3, -0.25) is 0 Å². The molecule has 0 saturated carbocycles. The molecule has 1 heteroatoms. The Morgan fingerprint density at radius 2 is 2.08 bits per heavy atom. The average molecular weight is 165 g/mol. The van der Waals surface area contributed by atoms with Gasteiger partial charge in [-0.25, -0.2) is 0 Å². The molecular formula is C11H19N. The molecule has 0 aliphatic heterocycles. The Hall–Kier alpha value is -0.770. The summed E-state index contributed by atoms with van der Waals surface area (Å²) in [4.78, 5) is 0. The summed E-state index contributed by atoms with van der Waals surface area (Å²) in [6.07, 6.45) is 5.01. The fraction of sp³-hybridized carbons (Fsp3) is 0.727. The first kappa shape index (κ1) is 11.2. The van der Waals surface area contributed by atoms with E-state index >= 15 is 0 Å². The van der Waals surface area contributed by atoms with Gasteiger partial charge in [-0.15, -0.1) is 6.58 Å². The van der Waals surface area contributed by atoms with E-state index in [1.165, 1.54) is 0 Å². The van der Waals surface area contributed by atoms with Crippen LogP contribution in [0, 0.1) is 22.7 Å². The van der Waals surface area contributed by atoms with Crippen LogP contribution in [0.15, 0.2) is 12.7 Å². The molecule has 0 aliphatic carbocycles. The van der Waals surface area contributed by atoms with Gasteiger partial charge in [0, 0.05) is 0 Å². The van der Waals surface area contributed by atoms with Crippen LogP contribution in [0.25, 0.3) is 0 Å². The van der Waals surface area contributed by atoms with Gasteiger partial charge < -0.3 is 0 Å². The zero-order valence-electron chi connectivity index (χ0n) is 8.43. The highest BCUT2D eigenvalue weighted by Crippen LogP contribution is 2.29. The van der Waals surface area contributed by atoms with E-state index in [1.807, 2.05) is 6.08 Å². The molecule has 0 saturated heterocycles. The van der Waals surface area contributed by atoms with Gasteiger partial charge in [0.25, 0.3) is 0 Å². The number of hydrogen-bond donors (Lipinski definition) is 0. The Kier molecular flexibility index (Phi) is 4.66. The molecule has 0 bridgehead atoms. The Labute approximate surface area is 76.1 Å². The van der Waals surface area contributed by atoms with E-state index in [1.54, 1.807) is 0 Å². The van der Waals surface area contributed by atoms with Crippen LogP contribution < -0.4 is 0 Å². The zero-order chi connectivity index (χ0) is 9.61. The number of nitrogens with zero attached hydrogens (tertiary/aromatic N) is 1. The lowest BCUT2D eigenvalue weighted by atomic mass is 9.79. The van der Waals surface area contributed by atoms with Crippen molar-refractivity contribution in [1.82, 2.24) is 0 Å². The van der Waals surface area contributed by atoms with Gasteiger partial charge in [0.15, 0.2) is 0 Å². The summed E-state index contributed by atoms with van der Waals surface area (Å²) in [6, 6.07) is 2.37. The summed E-state index contributed by atoms with van der Waals surface area (Å²) >= 11 is 0. The van der Waals surface area contributed by atoms with Crippen molar-refractivity contribution >= 4 is 0 Å². The molecule has 0 heterocycles. The van der Waals surface area contributed by atoms with Crippen LogP contribution in [0.3, 0.4) is 0 Å². The maximum absolute atomic E-state index is 8.89. The smallest absolute Gasteiger partial charge is 0.0661 e. The number of allylic oxidation sites excluding steroid dienone is 1. The lowest BCUT2D eigenvalue weighted by Crippen LogP contribution is -2.18. The van der Waals surface area contributed by atoms with Gasteiger partial charge in [-0.05, 0) is 24.7 Å². The summed E-state index contributed by atoms with van der Waals surface area (Å²) in [7, 11) is 0. The molecule has 1 unspecified atom stereocenters. The minimum atomic E-state index is 0.121. The second kappa shape index (κ2) is 4.98. The molecule has 68 valence electrons. The molecule has 1 nitrogen and oxygen atoms in total. The molecular weight excluding hydrogens is 146 g/mol. The molecule has 0 aliphatic rings. The molecule has 0 rings (SSSR count). The molecule has 0 fully saturated rings. The Bertz CT molecular complexity index is 168. The number of nitriles is 1. The monoisotopic (exact) mass is 165 g/mol. The van der Waals surface area contributed by atoms with Crippen molar-refractivity contribution in [1.29, 1.82) is 5.26 Å². The van der Waals surface area contributed by atoms with Gasteiger partial charge in [-0.2, -0.15) is 5.26 Å². The van der Waals surface area contributed by atoms with Gasteiger partial charge >= 0.3 is 0 Å². The second-order valence-corrected chi connectivity index (χ2v) is 4.27. The largest absolute Gasteiger partial charge is 0.198 e. The highest BCUT2D eigenvalue weighted by Gasteiger charge is 2.23. The molecule has 1 atom stereocenters. The van der Waals surface area contributed by atoms with Crippen molar-refractivity contribution in [3.63, 3.8) is 0 Å². The Morgan fingerprint density at radius 3 is 2.42 bits per heavy atom. The highest BCUT2D eigenvalue weighted by molar-refractivity contribution is 4.91. The van der Waals surface area contributed by atoms with Crippen LogP contribution in [0.2, 0.25) is 0 Å². The molecule has 0 amide bonds. The van der Waals surface area contributed by atoms with Crippen molar-refractivity contribution in [2.24, 2.45) is 11.3 Å². The maximum Gasteiger partial charge on any atom is 0.0661 e. The van der Waals surface area contributed by atoms with E-state index < -0.39 is 0 Å². The van der Waals surface area contributed by atoms with Crippen LogP contribution in [-0.2, 0) is 0 Å². The molecule has 0 aromatic carbocycles. The summed E-state index contributed by atoms with van der Waals surface area (Å²) in [5.41, 5.74) is 0.121. The third kappa shape index (κ3) is 4.18. The van der Waals surface area contributed by atoms with Gasteiger partial charge in [0.05, 0.1) is 12.0 Å². The average Bonchev–Trinajstić information content (AvgIpc) is 1.95. The van der Waals surface area contributed by atoms with Crippen molar-refractivity contribution < 1.29 is 0 Å². The number of rotatable bonds is 4. The van der Waals surface area contributed by atoms with Gasteiger partial charge in [0.1, 0.15) is 0 Å². The third-order valence-corrected chi connectivity index (χ3v) is 2.10. The maximum atomic E-state index is 8.89. The van der Waals surface area contributed by atoms with E-state index in [4.69, 9.17) is 5.26 Å². The van der Waals surface area contributed by atoms with E-state index in [9.17, 15) is 0 Å². The lowest BCUT2D eigenvalue weighted by Gasteiger charge is -2.24. The van der Waals surface area contributed by atoms with E-state index in [2.05, 4.69) is 33.4 Å². The van der Waals surface area contributed by atoms with Crippen LogP contribution in [-0.4, -0.2) is 0 Å². The van der Waals surface area contributed by atoms with Gasteiger partial charge in [0.2, 0.25) is 0 Å². The predicted molar refractivity (Wildman–Crippen MR) is 52.6 cm³/mol. The third-order valence-electron chi connectivity index (χ3n) is 2.10. The van der Waals surface area contributed by atoms with Crippen molar-refractivity contribution in [2.45, 2.75) is 40.0 Å². The second-order valence-electron chi connectivity index (χ2n) is 4.27. The standard InChI is InChI=1S/C11H19N/c1-5-6-7-8-10(9-12)11(2,3)4/h5,10H,1,6-8H2,2-4H3. The fourth-order valence-electron chi connectivity index (χ4n) is 1.16. The molecule has 0 radical (unpaired) electrons. The van der Waals surface area contributed by atoms with Crippen molar-refractivity contribution in [2.75, 3.05) is 0 Å². The fourth-order valence-corrected chi connectivity index (χ4v) is 1.16. The Balaban J connectivity index is 3.86. The molecule has 12 heavy (non-hydrogen) atoms. The highest BCUT2D eigenvalue weighted by atomic mass is 14.3. The van der Waals surface area contributed by atoms with E-state index in [0.29, 0.717) is 0 Å². The first-order chi connectivity index (χ1) is 5.52. The van der Waals surface area contributed by atoms with E-state index in [0.717, 1.165) is 19.3 Å².